The SMILES string of the molecule is CCOC(=O)C1CC(=O)c2c(O)ccc(Cl)c2C1C. The average Bonchev–Trinajstić information content (AvgIpc) is 2.36. The number of Topliss-reactive ketones (excluding diaryl/α,β-unsaturated/α-hetero) is 1. The van der Waals surface area contributed by atoms with Gasteiger partial charge in [0.25, 0.3) is 0 Å². The van der Waals surface area contributed by atoms with E-state index in [1.165, 1.54) is 12.1 Å². The van der Waals surface area contributed by atoms with E-state index in [4.69, 9.17) is 16.3 Å². The number of phenolic OH excluding ortho intramolecular Hbond substituents is 1. The Morgan fingerprint density at radius 2 is 2.21 bits per heavy atom. The molecule has 19 heavy (non-hydrogen) atoms. The fraction of sp³-hybridized carbons (Fsp3) is 0.429. The Kier molecular flexibility index (Phi) is 3.80. The number of fused-ring (bicyclic) bond motifs is 1. The van der Waals surface area contributed by atoms with Crippen molar-refractivity contribution in [2.75, 3.05) is 6.61 Å². The Bertz CT molecular complexity index is 538. The minimum Gasteiger partial charge on any atom is -0.507 e. The maximum Gasteiger partial charge on any atom is 0.309 e. The van der Waals surface area contributed by atoms with Crippen molar-refractivity contribution in [1.82, 2.24) is 0 Å². The number of ketones is 1. The minimum absolute atomic E-state index is 0.0426. The molecule has 0 aliphatic heterocycles. The van der Waals surface area contributed by atoms with Gasteiger partial charge in [0.2, 0.25) is 0 Å². The number of ether oxygens (including phenoxy) is 1. The van der Waals surface area contributed by atoms with Gasteiger partial charge in [0.1, 0.15) is 5.75 Å². The summed E-state index contributed by atoms with van der Waals surface area (Å²) in [5.74, 6) is -1.55. The molecule has 0 aromatic heterocycles. The molecule has 102 valence electrons. The zero-order valence-corrected chi connectivity index (χ0v) is 11.5. The van der Waals surface area contributed by atoms with Gasteiger partial charge in [-0.2, -0.15) is 0 Å². The van der Waals surface area contributed by atoms with Gasteiger partial charge in [-0.3, -0.25) is 9.59 Å². The van der Waals surface area contributed by atoms with Crippen molar-refractivity contribution >= 4 is 23.4 Å². The van der Waals surface area contributed by atoms with E-state index in [-0.39, 0.29) is 36.0 Å². The molecule has 4 nitrogen and oxygen atoms in total. The fourth-order valence-corrected chi connectivity index (χ4v) is 2.87. The van der Waals surface area contributed by atoms with Crippen LogP contribution in [0.3, 0.4) is 0 Å². The van der Waals surface area contributed by atoms with Gasteiger partial charge in [-0.05, 0) is 30.5 Å². The molecule has 0 bridgehead atoms. The number of hydrogen-bond donors (Lipinski definition) is 1. The number of benzene rings is 1. The summed E-state index contributed by atoms with van der Waals surface area (Å²) in [5.41, 5.74) is 0.775. The maximum absolute atomic E-state index is 12.1. The van der Waals surface area contributed by atoms with Crippen LogP contribution in [-0.4, -0.2) is 23.5 Å². The molecule has 1 N–H and O–H groups in total. The predicted octanol–water partition coefficient (Wildman–Crippen LogP) is 2.91. The van der Waals surface area contributed by atoms with Crippen LogP contribution in [0, 0.1) is 5.92 Å². The van der Waals surface area contributed by atoms with Crippen LogP contribution in [0.2, 0.25) is 5.02 Å². The molecule has 0 saturated carbocycles. The van der Waals surface area contributed by atoms with Gasteiger partial charge in [0.05, 0.1) is 18.1 Å². The summed E-state index contributed by atoms with van der Waals surface area (Å²) in [4.78, 5) is 24.0. The molecule has 2 rings (SSSR count). The van der Waals surface area contributed by atoms with Gasteiger partial charge in [-0.1, -0.05) is 18.5 Å². The van der Waals surface area contributed by atoms with E-state index in [1.807, 2.05) is 6.92 Å². The van der Waals surface area contributed by atoms with Crippen molar-refractivity contribution in [2.24, 2.45) is 5.92 Å². The van der Waals surface area contributed by atoms with Gasteiger partial charge >= 0.3 is 5.97 Å². The van der Waals surface area contributed by atoms with E-state index in [1.54, 1.807) is 6.92 Å². The lowest BCUT2D eigenvalue weighted by molar-refractivity contribution is -0.148. The Hall–Kier alpha value is -1.55. The number of halogens is 1. The number of esters is 1. The number of rotatable bonds is 2. The van der Waals surface area contributed by atoms with Crippen molar-refractivity contribution in [3.8, 4) is 5.75 Å². The van der Waals surface area contributed by atoms with E-state index >= 15 is 0 Å². The number of carbonyl (C=O) groups excluding carboxylic acids is 2. The molecule has 1 aliphatic rings. The van der Waals surface area contributed by atoms with E-state index < -0.39 is 11.9 Å². The monoisotopic (exact) mass is 282 g/mol. The molecule has 0 amide bonds. The maximum atomic E-state index is 12.1. The predicted molar refractivity (Wildman–Crippen MR) is 70.6 cm³/mol. The second kappa shape index (κ2) is 5.21. The van der Waals surface area contributed by atoms with Crippen molar-refractivity contribution in [1.29, 1.82) is 0 Å². The molecule has 5 heteroatoms. The zero-order chi connectivity index (χ0) is 14.2. The molecular weight excluding hydrogens is 268 g/mol. The van der Waals surface area contributed by atoms with Gasteiger partial charge in [-0.15, -0.1) is 0 Å². The first-order valence-corrected chi connectivity index (χ1v) is 6.56. The number of phenols is 1. The van der Waals surface area contributed by atoms with Gasteiger partial charge in [0.15, 0.2) is 5.78 Å². The van der Waals surface area contributed by atoms with Gasteiger partial charge in [-0.25, -0.2) is 0 Å². The molecule has 1 aromatic rings. The largest absolute Gasteiger partial charge is 0.507 e. The minimum atomic E-state index is -0.542. The Morgan fingerprint density at radius 1 is 1.53 bits per heavy atom. The average molecular weight is 283 g/mol. The highest BCUT2D eigenvalue weighted by atomic mass is 35.5. The third-order valence-corrected chi connectivity index (χ3v) is 3.83. The van der Waals surface area contributed by atoms with Crippen LogP contribution in [0.1, 0.15) is 42.1 Å². The van der Waals surface area contributed by atoms with Crippen LogP contribution in [0.15, 0.2) is 12.1 Å². The smallest absolute Gasteiger partial charge is 0.309 e. The van der Waals surface area contributed by atoms with Crippen LogP contribution in [-0.2, 0) is 9.53 Å². The molecule has 0 spiro atoms. The van der Waals surface area contributed by atoms with E-state index in [2.05, 4.69) is 0 Å². The topological polar surface area (TPSA) is 63.6 Å². The van der Waals surface area contributed by atoms with Crippen LogP contribution in [0.25, 0.3) is 0 Å². The second-order valence-corrected chi connectivity index (χ2v) is 5.04. The molecular formula is C14H15ClO4. The molecule has 0 heterocycles. The third-order valence-electron chi connectivity index (χ3n) is 3.50. The normalized spacial score (nSPS) is 21.9. The Balaban J connectivity index is 2.48. The first-order chi connectivity index (χ1) is 8.97. The lowest BCUT2D eigenvalue weighted by Gasteiger charge is -2.29. The van der Waals surface area contributed by atoms with Crippen molar-refractivity contribution in [3.63, 3.8) is 0 Å². The quantitative estimate of drug-likeness (QED) is 0.847. The summed E-state index contributed by atoms with van der Waals surface area (Å²) in [7, 11) is 0. The van der Waals surface area contributed by atoms with E-state index in [0.717, 1.165) is 0 Å². The third kappa shape index (κ3) is 2.32. The fourth-order valence-electron chi connectivity index (χ4n) is 2.54. The summed E-state index contributed by atoms with van der Waals surface area (Å²) < 4.78 is 4.99. The highest BCUT2D eigenvalue weighted by Crippen LogP contribution is 2.43. The van der Waals surface area contributed by atoms with E-state index in [9.17, 15) is 14.7 Å². The van der Waals surface area contributed by atoms with Crippen LogP contribution >= 0.6 is 11.6 Å². The van der Waals surface area contributed by atoms with Crippen LogP contribution in [0.5, 0.6) is 5.75 Å². The number of aromatic hydroxyl groups is 1. The summed E-state index contributed by atoms with van der Waals surface area (Å²) in [5, 5.41) is 10.2. The molecule has 0 radical (unpaired) electrons. The van der Waals surface area contributed by atoms with Crippen LogP contribution in [0.4, 0.5) is 0 Å². The summed E-state index contributed by atoms with van der Waals surface area (Å²) in [6.07, 6.45) is 0.0426. The molecule has 0 saturated heterocycles. The first-order valence-electron chi connectivity index (χ1n) is 6.18. The summed E-state index contributed by atoms with van der Waals surface area (Å²) in [6, 6.07) is 2.93. The van der Waals surface area contributed by atoms with Gasteiger partial charge in [0, 0.05) is 11.4 Å². The molecule has 1 aromatic carbocycles. The molecule has 2 atom stereocenters. The molecule has 0 fully saturated rings. The Labute approximate surface area is 116 Å². The van der Waals surface area contributed by atoms with Crippen molar-refractivity contribution < 1.29 is 19.4 Å². The summed E-state index contributed by atoms with van der Waals surface area (Å²) >= 11 is 6.11. The zero-order valence-electron chi connectivity index (χ0n) is 10.8. The first kappa shape index (κ1) is 13.9. The number of carbonyl (C=O) groups is 2. The second-order valence-electron chi connectivity index (χ2n) is 4.63. The Morgan fingerprint density at radius 3 is 2.84 bits per heavy atom. The highest BCUT2D eigenvalue weighted by molar-refractivity contribution is 6.32. The van der Waals surface area contributed by atoms with Gasteiger partial charge < -0.3 is 9.84 Å². The van der Waals surface area contributed by atoms with E-state index in [0.29, 0.717) is 10.6 Å². The highest BCUT2D eigenvalue weighted by Gasteiger charge is 2.39. The lowest BCUT2D eigenvalue weighted by Crippen LogP contribution is -2.31. The molecule has 2 unspecified atom stereocenters. The van der Waals surface area contributed by atoms with Crippen molar-refractivity contribution in [2.45, 2.75) is 26.2 Å². The standard InChI is InChI=1S/C14H15ClO4/c1-3-19-14(18)8-6-11(17)13-10(16)5-4-9(15)12(13)7(8)2/h4-5,7-8,16H,3,6H2,1-2H3. The molecule has 1 aliphatic carbocycles. The van der Waals surface area contributed by atoms with Crippen molar-refractivity contribution in [3.05, 3.63) is 28.3 Å². The van der Waals surface area contributed by atoms with Crippen LogP contribution < -0.4 is 0 Å². The lowest BCUT2D eigenvalue weighted by atomic mass is 9.75. The number of hydrogen-bond acceptors (Lipinski definition) is 4. The summed E-state index contributed by atoms with van der Waals surface area (Å²) in [6.45, 7) is 3.81.